The van der Waals surface area contributed by atoms with Crippen LogP contribution in [0.3, 0.4) is 0 Å². The van der Waals surface area contributed by atoms with E-state index in [9.17, 15) is 9.59 Å². The zero-order valence-electron chi connectivity index (χ0n) is 24.6. The van der Waals surface area contributed by atoms with E-state index in [4.69, 9.17) is 0 Å². The van der Waals surface area contributed by atoms with Crippen molar-refractivity contribution < 1.29 is 9.59 Å². The molecule has 0 unspecified atom stereocenters. The Hall–Kier alpha value is -3.97. The van der Waals surface area contributed by atoms with Gasteiger partial charge in [-0.2, -0.15) is 0 Å². The van der Waals surface area contributed by atoms with Crippen LogP contribution in [0.15, 0.2) is 60.4 Å². The first kappa shape index (κ1) is 28.6. The summed E-state index contributed by atoms with van der Waals surface area (Å²) in [6.07, 6.45) is 8.15. The van der Waals surface area contributed by atoms with Gasteiger partial charge in [-0.1, -0.05) is 19.9 Å². The van der Waals surface area contributed by atoms with Crippen molar-refractivity contribution in [3.8, 4) is 11.1 Å². The third kappa shape index (κ3) is 6.51. The number of aromatic nitrogens is 1. The molecular weight excluding hydrogens is 510 g/mol. The molecule has 2 aromatic carbocycles. The summed E-state index contributed by atoms with van der Waals surface area (Å²) in [7, 11) is 0. The van der Waals surface area contributed by atoms with Crippen molar-refractivity contribution in [3.05, 3.63) is 82.7 Å². The molecule has 2 aliphatic rings. The Morgan fingerprint density at radius 2 is 1.73 bits per heavy atom. The van der Waals surface area contributed by atoms with Gasteiger partial charge in [-0.25, -0.2) is 0 Å². The molecule has 0 atom stereocenters. The van der Waals surface area contributed by atoms with Crippen LogP contribution in [-0.4, -0.2) is 47.4 Å². The van der Waals surface area contributed by atoms with Gasteiger partial charge >= 0.3 is 0 Å². The van der Waals surface area contributed by atoms with Gasteiger partial charge in [0, 0.05) is 65.2 Å². The number of nitrogens with zero attached hydrogens (tertiary/aromatic N) is 2. The van der Waals surface area contributed by atoms with Gasteiger partial charge in [0.15, 0.2) is 0 Å². The molecule has 1 fully saturated rings. The molecule has 1 aromatic heterocycles. The lowest BCUT2D eigenvalue weighted by molar-refractivity contribution is -0.111. The molecular formula is C34H41N5O2. The maximum absolute atomic E-state index is 13.7. The predicted molar refractivity (Wildman–Crippen MR) is 167 cm³/mol. The van der Waals surface area contributed by atoms with Gasteiger partial charge in [0.25, 0.3) is 11.8 Å². The van der Waals surface area contributed by atoms with Gasteiger partial charge < -0.3 is 16.0 Å². The van der Waals surface area contributed by atoms with E-state index in [0.717, 1.165) is 66.0 Å². The van der Waals surface area contributed by atoms with Crippen molar-refractivity contribution in [2.75, 3.05) is 30.3 Å². The highest BCUT2D eigenvalue weighted by Crippen LogP contribution is 2.35. The molecule has 1 saturated heterocycles. The lowest BCUT2D eigenvalue weighted by Crippen LogP contribution is -2.34. The Morgan fingerprint density at radius 1 is 0.951 bits per heavy atom. The third-order valence-electron chi connectivity index (χ3n) is 8.27. The summed E-state index contributed by atoms with van der Waals surface area (Å²) in [5.41, 5.74) is 8.88. The van der Waals surface area contributed by atoms with E-state index >= 15 is 0 Å². The lowest BCUT2D eigenvalue weighted by Gasteiger charge is -2.24. The molecule has 0 spiro atoms. The standard InChI is InChI=1S/C34H41N5O2/c1-5-27(6-2)37-33(40)29-11-10-28(15-22(29)3)38-34(41)32-23(4)18-36-31-12-9-25(17-30(31)32)26-16-24(19-35-20-26)21-39-13-7-8-14-39/h9-12,15-17,19-20,27,36H,5-8,13-14,18,21H2,1-4H3,(H,37,40)(H,38,41). The summed E-state index contributed by atoms with van der Waals surface area (Å²) >= 11 is 0. The Bertz CT molecular complexity index is 1470. The number of nitrogens with one attached hydrogen (secondary N) is 3. The number of anilines is 2. The van der Waals surface area contributed by atoms with Gasteiger partial charge in [0.05, 0.1) is 0 Å². The highest BCUT2D eigenvalue weighted by atomic mass is 16.2. The van der Waals surface area contributed by atoms with E-state index in [0.29, 0.717) is 23.4 Å². The topological polar surface area (TPSA) is 86.4 Å². The minimum Gasteiger partial charge on any atom is -0.381 e. The Kier molecular flexibility index (Phi) is 8.84. The van der Waals surface area contributed by atoms with Gasteiger partial charge in [-0.15, -0.1) is 0 Å². The molecule has 0 bridgehead atoms. The molecule has 0 saturated carbocycles. The van der Waals surface area contributed by atoms with Crippen molar-refractivity contribution in [3.63, 3.8) is 0 Å². The summed E-state index contributed by atoms with van der Waals surface area (Å²) in [6, 6.07) is 14.1. The average molecular weight is 552 g/mol. The van der Waals surface area contributed by atoms with Crippen LogP contribution in [0.5, 0.6) is 0 Å². The monoisotopic (exact) mass is 551 g/mol. The van der Waals surface area contributed by atoms with Crippen molar-refractivity contribution in [2.45, 2.75) is 66.0 Å². The number of hydrogen-bond acceptors (Lipinski definition) is 5. The number of amides is 2. The van der Waals surface area contributed by atoms with Crippen molar-refractivity contribution in [1.29, 1.82) is 0 Å². The summed E-state index contributed by atoms with van der Waals surface area (Å²) in [6.45, 7) is 11.8. The number of aryl methyl sites for hydroxylation is 1. The molecule has 2 aliphatic heterocycles. The van der Waals surface area contributed by atoms with Gasteiger partial charge in [0.1, 0.15) is 0 Å². The molecule has 7 heteroatoms. The Morgan fingerprint density at radius 3 is 2.46 bits per heavy atom. The smallest absolute Gasteiger partial charge is 0.256 e. The van der Waals surface area contributed by atoms with Crippen LogP contribution < -0.4 is 16.0 Å². The van der Waals surface area contributed by atoms with Crippen LogP contribution in [0, 0.1) is 6.92 Å². The van der Waals surface area contributed by atoms with Crippen molar-refractivity contribution >= 4 is 28.8 Å². The summed E-state index contributed by atoms with van der Waals surface area (Å²) in [5.74, 6) is -0.233. The van der Waals surface area contributed by atoms with E-state index in [2.05, 4.69) is 63.9 Å². The number of carbonyl (C=O) groups excluding carboxylic acids is 2. The SMILES string of the molecule is CCC(CC)NC(=O)c1ccc(NC(=O)C2=C(C)CNc3ccc(-c4cncc(CN5CCCC5)c4)cc32)cc1C. The van der Waals surface area contributed by atoms with Crippen LogP contribution in [0.25, 0.3) is 16.7 Å². The van der Waals surface area contributed by atoms with Gasteiger partial charge in [-0.05, 0) is 111 Å². The van der Waals surface area contributed by atoms with Crippen LogP contribution in [-0.2, 0) is 11.3 Å². The number of hydrogen-bond donors (Lipinski definition) is 3. The fourth-order valence-electron chi connectivity index (χ4n) is 5.82. The first-order valence-corrected chi connectivity index (χ1v) is 14.8. The highest BCUT2D eigenvalue weighted by molar-refractivity contribution is 6.28. The largest absolute Gasteiger partial charge is 0.381 e. The number of pyridine rings is 1. The van der Waals surface area contributed by atoms with Crippen LogP contribution in [0.1, 0.15) is 73.5 Å². The second kappa shape index (κ2) is 12.7. The minimum absolute atomic E-state index is 0.0774. The molecule has 5 rings (SSSR count). The van der Waals surface area contributed by atoms with Crippen LogP contribution in [0.4, 0.5) is 11.4 Å². The average Bonchev–Trinajstić information content (AvgIpc) is 3.48. The number of likely N-dealkylation sites (tertiary alicyclic amines) is 1. The van der Waals surface area contributed by atoms with E-state index < -0.39 is 0 Å². The Balaban J connectivity index is 1.36. The van der Waals surface area contributed by atoms with Crippen LogP contribution >= 0.6 is 0 Å². The van der Waals surface area contributed by atoms with E-state index in [1.54, 1.807) is 12.1 Å². The van der Waals surface area contributed by atoms with Crippen molar-refractivity contribution in [1.82, 2.24) is 15.2 Å². The number of carbonyl (C=O) groups is 2. The molecule has 3 aromatic rings. The molecule has 0 aliphatic carbocycles. The summed E-state index contributed by atoms with van der Waals surface area (Å²) in [5, 5.41) is 9.63. The first-order valence-electron chi connectivity index (χ1n) is 14.8. The maximum Gasteiger partial charge on any atom is 0.256 e. The quantitative estimate of drug-likeness (QED) is 0.286. The number of rotatable bonds is 9. The molecule has 7 nitrogen and oxygen atoms in total. The molecule has 3 N–H and O–H groups in total. The fourth-order valence-corrected chi connectivity index (χ4v) is 5.82. The van der Waals surface area contributed by atoms with Gasteiger partial charge in [-0.3, -0.25) is 19.5 Å². The minimum atomic E-state index is -0.156. The van der Waals surface area contributed by atoms with E-state index in [1.165, 1.54) is 18.4 Å². The summed E-state index contributed by atoms with van der Waals surface area (Å²) in [4.78, 5) is 33.5. The molecule has 214 valence electrons. The molecule has 2 amide bonds. The second-order valence-corrected chi connectivity index (χ2v) is 11.3. The zero-order valence-corrected chi connectivity index (χ0v) is 24.6. The van der Waals surface area contributed by atoms with Gasteiger partial charge in [0.2, 0.25) is 0 Å². The third-order valence-corrected chi connectivity index (χ3v) is 8.27. The highest BCUT2D eigenvalue weighted by Gasteiger charge is 2.24. The normalized spacial score (nSPS) is 15.0. The maximum atomic E-state index is 13.7. The van der Waals surface area contributed by atoms with E-state index in [1.807, 2.05) is 32.3 Å². The summed E-state index contributed by atoms with van der Waals surface area (Å²) < 4.78 is 0. The lowest BCUT2D eigenvalue weighted by atomic mass is 9.91. The molecule has 41 heavy (non-hydrogen) atoms. The molecule has 3 heterocycles. The van der Waals surface area contributed by atoms with E-state index in [-0.39, 0.29) is 17.9 Å². The molecule has 0 radical (unpaired) electrons. The number of benzene rings is 2. The number of fused-ring (bicyclic) bond motifs is 1. The first-order chi connectivity index (χ1) is 19.9. The van der Waals surface area contributed by atoms with Crippen molar-refractivity contribution in [2.24, 2.45) is 0 Å². The fraction of sp³-hybridized carbons (Fsp3) is 0.382. The van der Waals surface area contributed by atoms with Crippen LogP contribution in [0.2, 0.25) is 0 Å². The Labute approximate surface area is 243 Å². The second-order valence-electron chi connectivity index (χ2n) is 11.3. The predicted octanol–water partition coefficient (Wildman–Crippen LogP) is 6.41. The zero-order chi connectivity index (χ0) is 28.9.